The highest BCUT2D eigenvalue weighted by Gasteiger charge is 2.36. The Morgan fingerprint density at radius 1 is 0.889 bits per heavy atom. The van der Waals surface area contributed by atoms with Gasteiger partial charge in [-0.2, -0.15) is 0 Å². The fraction of sp³-hybridized carbons (Fsp3) is 0.100. The lowest BCUT2D eigenvalue weighted by molar-refractivity contribution is -0.692. The minimum Gasteiger partial charge on any atom is -0.353 e. The quantitative estimate of drug-likeness (QED) is 0.252. The highest BCUT2D eigenvalue weighted by molar-refractivity contribution is 6.31. The summed E-state index contributed by atoms with van der Waals surface area (Å²) in [6.07, 6.45) is 0. The Bertz CT molecular complexity index is 1580. The average Bonchev–Trinajstić information content (AvgIpc) is 3.29. The highest BCUT2D eigenvalue weighted by Crippen LogP contribution is 2.41. The summed E-state index contributed by atoms with van der Waals surface area (Å²) >= 11 is 12.6. The van der Waals surface area contributed by atoms with Gasteiger partial charge in [0.15, 0.2) is 6.04 Å². The van der Waals surface area contributed by atoms with E-state index in [9.17, 15) is 4.79 Å². The largest absolute Gasteiger partial charge is 0.353 e. The molecule has 6 rings (SSSR count). The van der Waals surface area contributed by atoms with E-state index in [1.165, 1.54) is 16.6 Å². The van der Waals surface area contributed by atoms with E-state index in [2.05, 4.69) is 64.1 Å². The van der Waals surface area contributed by atoms with Crippen molar-refractivity contribution in [3.63, 3.8) is 0 Å². The number of rotatable bonds is 4. The Kier molecular flexibility index (Phi) is 6.02. The Balaban J connectivity index is 1.38. The average molecular weight is 513 g/mol. The third kappa shape index (κ3) is 4.18. The van der Waals surface area contributed by atoms with Crippen LogP contribution in [0.3, 0.4) is 0 Å². The van der Waals surface area contributed by atoms with Crippen LogP contribution in [0.4, 0.5) is 5.69 Å². The van der Waals surface area contributed by atoms with E-state index in [4.69, 9.17) is 23.2 Å². The summed E-state index contributed by atoms with van der Waals surface area (Å²) < 4.78 is 0. The predicted molar refractivity (Wildman–Crippen MR) is 146 cm³/mol. The third-order valence-corrected chi connectivity index (χ3v) is 7.53. The first-order valence-corrected chi connectivity index (χ1v) is 12.7. The second-order valence-electron chi connectivity index (χ2n) is 9.11. The molecule has 2 heterocycles. The van der Waals surface area contributed by atoms with Gasteiger partial charge in [-0.05, 0) is 54.1 Å². The molecule has 1 aliphatic rings. The van der Waals surface area contributed by atoms with Crippen LogP contribution in [0.1, 0.15) is 44.7 Å². The number of amides is 1. The topological polar surface area (TPSA) is 61.5 Å². The van der Waals surface area contributed by atoms with Crippen molar-refractivity contribution in [2.24, 2.45) is 0 Å². The van der Waals surface area contributed by atoms with Crippen molar-refractivity contribution < 1.29 is 10.1 Å². The fourth-order valence-electron chi connectivity index (χ4n) is 5.27. The molecule has 1 aliphatic heterocycles. The van der Waals surface area contributed by atoms with Gasteiger partial charge in [0.25, 0.3) is 5.91 Å². The number of quaternary nitrogens is 1. The van der Waals surface area contributed by atoms with Crippen molar-refractivity contribution in [1.29, 1.82) is 0 Å². The van der Waals surface area contributed by atoms with E-state index < -0.39 is 0 Å². The first kappa shape index (κ1) is 22.9. The van der Waals surface area contributed by atoms with E-state index in [0.29, 0.717) is 10.6 Å². The summed E-state index contributed by atoms with van der Waals surface area (Å²) in [5.74, 6) is 0.00964. The SMILES string of the molecule is O=C(Nc1cccc([C@H]2[NH2+]C[C@@H](c3ccccc3Cl)c3c2[nH]c2ccccc32)c1)c1ccc(Cl)cc1. The van der Waals surface area contributed by atoms with Crippen LogP contribution in [0.5, 0.6) is 0 Å². The second kappa shape index (κ2) is 9.47. The summed E-state index contributed by atoms with van der Waals surface area (Å²) in [4.78, 5) is 16.5. The summed E-state index contributed by atoms with van der Waals surface area (Å²) in [5.41, 5.74) is 7.17. The van der Waals surface area contributed by atoms with Crippen molar-refractivity contribution in [3.05, 3.63) is 135 Å². The van der Waals surface area contributed by atoms with Gasteiger partial charge in [-0.1, -0.05) is 71.7 Å². The summed E-state index contributed by atoms with van der Waals surface area (Å²) in [5, 5.41) is 8.00. The van der Waals surface area contributed by atoms with E-state index in [1.54, 1.807) is 24.3 Å². The molecule has 2 atom stereocenters. The normalized spacial score (nSPS) is 17.1. The number of halogens is 2. The molecule has 0 spiro atoms. The molecule has 4 nitrogen and oxygen atoms in total. The number of aromatic amines is 1. The van der Waals surface area contributed by atoms with Gasteiger partial charge in [-0.3, -0.25) is 4.79 Å². The fourth-order valence-corrected chi connectivity index (χ4v) is 5.66. The van der Waals surface area contributed by atoms with Crippen LogP contribution < -0.4 is 10.6 Å². The number of benzene rings is 4. The first-order chi connectivity index (χ1) is 17.6. The molecule has 1 amide bonds. The standard InChI is InChI=1S/C30H23Cl2N3O/c31-20-14-12-18(13-15-20)30(36)34-21-7-5-6-19(16-21)28-29-27(23-9-2-4-11-26(23)35-29)24(17-33-28)22-8-1-3-10-25(22)32/h1-16,24,28,33,35H,17H2,(H,34,36)/p+1/t24-,28+/m0/s1. The zero-order chi connectivity index (χ0) is 24.6. The highest BCUT2D eigenvalue weighted by atomic mass is 35.5. The molecule has 0 radical (unpaired) electrons. The number of nitrogens with one attached hydrogen (secondary N) is 2. The van der Waals surface area contributed by atoms with Gasteiger partial charge < -0.3 is 15.6 Å². The molecule has 4 N–H and O–H groups in total. The lowest BCUT2D eigenvalue weighted by Crippen LogP contribution is -2.88. The van der Waals surface area contributed by atoms with Crippen molar-refractivity contribution in [2.75, 3.05) is 11.9 Å². The maximum absolute atomic E-state index is 12.8. The molecule has 0 aliphatic carbocycles. The van der Waals surface area contributed by atoms with Crippen molar-refractivity contribution in [2.45, 2.75) is 12.0 Å². The predicted octanol–water partition coefficient (Wildman–Crippen LogP) is 6.53. The molecule has 178 valence electrons. The Morgan fingerprint density at radius 3 is 2.50 bits per heavy atom. The van der Waals surface area contributed by atoms with Crippen molar-refractivity contribution >= 4 is 45.7 Å². The molecule has 5 aromatic rings. The maximum atomic E-state index is 12.8. The van der Waals surface area contributed by atoms with Crippen LogP contribution in [0.25, 0.3) is 10.9 Å². The maximum Gasteiger partial charge on any atom is 0.255 e. The second-order valence-corrected chi connectivity index (χ2v) is 9.95. The van der Waals surface area contributed by atoms with Crippen LogP contribution in [0, 0.1) is 0 Å². The molecule has 4 aromatic carbocycles. The Hall–Kier alpha value is -3.57. The van der Waals surface area contributed by atoms with Gasteiger partial charge in [-0.15, -0.1) is 0 Å². The molecule has 0 unspecified atom stereocenters. The molecule has 1 aromatic heterocycles. The number of carbonyl (C=O) groups is 1. The van der Waals surface area contributed by atoms with Crippen molar-refractivity contribution in [1.82, 2.24) is 4.98 Å². The molecule has 0 saturated heterocycles. The third-order valence-electron chi connectivity index (χ3n) is 6.93. The molecule has 6 heteroatoms. The molecule has 0 fully saturated rings. The smallest absolute Gasteiger partial charge is 0.255 e. The minimum atomic E-state index is -0.165. The molecule has 0 saturated carbocycles. The number of aromatic nitrogens is 1. The monoisotopic (exact) mass is 512 g/mol. The first-order valence-electron chi connectivity index (χ1n) is 11.9. The minimum absolute atomic E-state index is 0.0681. The van der Waals surface area contributed by atoms with E-state index in [-0.39, 0.29) is 17.9 Å². The van der Waals surface area contributed by atoms with Crippen molar-refractivity contribution in [3.8, 4) is 0 Å². The Labute approximate surface area is 219 Å². The number of H-pyrrole nitrogens is 1. The van der Waals surface area contributed by atoms with Gasteiger partial charge in [0.05, 0.1) is 18.2 Å². The molecule has 36 heavy (non-hydrogen) atoms. The summed E-state index contributed by atoms with van der Waals surface area (Å²) in [7, 11) is 0. The molecular formula is C30H24Cl2N3O+. The van der Waals surface area contributed by atoms with Gasteiger partial charge in [0, 0.05) is 43.3 Å². The number of anilines is 1. The molecule has 0 bridgehead atoms. The number of para-hydroxylation sites is 1. The van der Waals surface area contributed by atoms with Crippen LogP contribution in [0.2, 0.25) is 10.0 Å². The van der Waals surface area contributed by atoms with Crippen LogP contribution in [0.15, 0.2) is 97.1 Å². The summed E-state index contributed by atoms with van der Waals surface area (Å²) in [6, 6.07) is 31.6. The van der Waals surface area contributed by atoms with Crippen LogP contribution in [-0.2, 0) is 0 Å². The lowest BCUT2D eigenvalue weighted by Gasteiger charge is -2.29. The van der Waals surface area contributed by atoms with E-state index in [1.807, 2.05) is 24.3 Å². The lowest BCUT2D eigenvalue weighted by atomic mass is 9.83. The van der Waals surface area contributed by atoms with Gasteiger partial charge >= 0.3 is 0 Å². The number of fused-ring (bicyclic) bond motifs is 3. The number of carbonyl (C=O) groups excluding carboxylic acids is 1. The van der Waals surface area contributed by atoms with E-state index >= 15 is 0 Å². The summed E-state index contributed by atoms with van der Waals surface area (Å²) in [6.45, 7) is 0.866. The van der Waals surface area contributed by atoms with Crippen LogP contribution in [-0.4, -0.2) is 17.4 Å². The number of hydrogen-bond donors (Lipinski definition) is 3. The zero-order valence-electron chi connectivity index (χ0n) is 19.3. The van der Waals surface area contributed by atoms with E-state index in [0.717, 1.165) is 33.9 Å². The Morgan fingerprint density at radius 2 is 1.67 bits per heavy atom. The number of nitrogens with two attached hydrogens (primary N) is 1. The zero-order valence-corrected chi connectivity index (χ0v) is 20.9. The van der Waals surface area contributed by atoms with Crippen LogP contribution >= 0.6 is 23.2 Å². The number of hydrogen-bond acceptors (Lipinski definition) is 1. The van der Waals surface area contributed by atoms with Gasteiger partial charge in [0.2, 0.25) is 0 Å². The van der Waals surface area contributed by atoms with Gasteiger partial charge in [0.1, 0.15) is 0 Å². The molecular weight excluding hydrogens is 489 g/mol. The van der Waals surface area contributed by atoms with Gasteiger partial charge in [-0.25, -0.2) is 0 Å².